The number of ketones is 1. The zero-order chi connectivity index (χ0) is 21.0. The maximum absolute atomic E-state index is 12.6. The number of anilines is 1. The van der Waals surface area contributed by atoms with Gasteiger partial charge < -0.3 is 29.4 Å². The average Bonchev–Trinajstić information content (AvgIpc) is 2.97. The van der Waals surface area contributed by atoms with Crippen LogP contribution in [0.5, 0.6) is 11.5 Å². The number of methoxy groups -OCH3 is 1. The summed E-state index contributed by atoms with van der Waals surface area (Å²) >= 11 is 0. The van der Waals surface area contributed by atoms with E-state index in [4.69, 9.17) is 9.47 Å². The predicted molar refractivity (Wildman–Crippen MR) is 95.8 cm³/mol. The summed E-state index contributed by atoms with van der Waals surface area (Å²) in [6, 6.07) is 12.5. The highest BCUT2D eigenvalue weighted by Gasteiger charge is 2.32. The smallest absolute Gasteiger partial charge is 0.387 e. The zero-order valence-electron chi connectivity index (χ0n) is 15.0. The number of carboxylic acid groups (broad SMARTS) is 1. The van der Waals surface area contributed by atoms with E-state index in [-0.39, 0.29) is 28.7 Å². The minimum absolute atomic E-state index is 0.0612. The van der Waals surface area contributed by atoms with Crippen molar-refractivity contribution in [3.63, 3.8) is 0 Å². The van der Waals surface area contributed by atoms with Crippen molar-refractivity contribution in [3.05, 3.63) is 71.3 Å². The number of alkyl halides is 2. The first-order valence-corrected chi connectivity index (χ1v) is 8.24. The number of allylic oxidation sites excluding steroid dienone is 1. The topological polar surface area (TPSA) is 96.9 Å². The minimum Gasteiger partial charge on any atom is -0.544 e. The fourth-order valence-electron chi connectivity index (χ4n) is 2.58. The molecule has 1 heterocycles. The molecule has 3 rings (SSSR count). The maximum atomic E-state index is 12.6. The molecular weight excluding hydrogens is 388 g/mol. The molecule has 0 fully saturated rings. The highest BCUT2D eigenvalue weighted by Crippen LogP contribution is 2.32. The molecular formula is C20H14F2NO6-. The van der Waals surface area contributed by atoms with Gasteiger partial charge in [0, 0.05) is 5.69 Å². The molecule has 0 saturated heterocycles. The van der Waals surface area contributed by atoms with Gasteiger partial charge in [-0.15, -0.1) is 0 Å². The van der Waals surface area contributed by atoms with Crippen LogP contribution >= 0.6 is 0 Å². The maximum Gasteiger partial charge on any atom is 0.387 e. The number of benzene rings is 2. The minimum atomic E-state index is -3.08. The predicted octanol–water partition coefficient (Wildman–Crippen LogP) is 2.31. The lowest BCUT2D eigenvalue weighted by molar-refractivity contribution is -0.298. The zero-order valence-corrected chi connectivity index (χ0v) is 15.0. The molecule has 0 bridgehead atoms. The summed E-state index contributed by atoms with van der Waals surface area (Å²) in [7, 11) is 1.28. The number of carbonyl (C=O) groups excluding carboxylic acids is 2. The van der Waals surface area contributed by atoms with E-state index < -0.39 is 23.9 Å². The average molecular weight is 402 g/mol. The van der Waals surface area contributed by atoms with Crippen molar-refractivity contribution >= 4 is 23.5 Å². The third kappa shape index (κ3) is 4.52. The number of nitrogens with one attached hydrogen (secondary N) is 1. The SMILES string of the molecule is COc1ccc(/C=C2\OC(Nc3ccccc3)=C(C(=O)[O-])C2=O)cc1OC(F)F. The van der Waals surface area contributed by atoms with Crippen LogP contribution < -0.4 is 19.9 Å². The van der Waals surface area contributed by atoms with Crippen molar-refractivity contribution in [2.24, 2.45) is 0 Å². The number of Topliss-reactive ketones (excluding diaryl/α,β-unsaturated/α-hetero) is 1. The number of ether oxygens (including phenoxy) is 3. The summed E-state index contributed by atoms with van der Waals surface area (Å²) in [5.41, 5.74) is 0.0634. The lowest BCUT2D eigenvalue weighted by atomic mass is 10.1. The van der Waals surface area contributed by atoms with Gasteiger partial charge in [0.1, 0.15) is 5.57 Å². The van der Waals surface area contributed by atoms with Gasteiger partial charge in [-0.1, -0.05) is 24.3 Å². The third-order valence-electron chi connectivity index (χ3n) is 3.83. The van der Waals surface area contributed by atoms with Gasteiger partial charge in [0.05, 0.1) is 13.1 Å². The summed E-state index contributed by atoms with van der Waals surface area (Å²) in [4.78, 5) is 23.9. The lowest BCUT2D eigenvalue weighted by Crippen LogP contribution is -2.28. The van der Waals surface area contributed by atoms with Gasteiger partial charge in [0.2, 0.25) is 11.7 Å². The van der Waals surface area contributed by atoms with Gasteiger partial charge in [-0.05, 0) is 35.9 Å². The van der Waals surface area contributed by atoms with Crippen LogP contribution in [0, 0.1) is 0 Å². The van der Waals surface area contributed by atoms with Crippen LogP contribution in [-0.2, 0) is 14.3 Å². The monoisotopic (exact) mass is 402 g/mol. The van der Waals surface area contributed by atoms with Crippen molar-refractivity contribution in [1.82, 2.24) is 0 Å². The Morgan fingerprint density at radius 2 is 1.90 bits per heavy atom. The van der Waals surface area contributed by atoms with Crippen LogP contribution in [-0.4, -0.2) is 25.5 Å². The molecule has 1 aliphatic rings. The number of carbonyl (C=O) groups is 2. The van der Waals surface area contributed by atoms with E-state index >= 15 is 0 Å². The molecule has 0 saturated carbocycles. The lowest BCUT2D eigenvalue weighted by Gasteiger charge is -2.11. The Balaban J connectivity index is 1.91. The molecule has 2 aromatic carbocycles. The van der Waals surface area contributed by atoms with E-state index in [0.29, 0.717) is 5.69 Å². The fraction of sp³-hybridized carbons (Fsp3) is 0.100. The second kappa shape index (κ2) is 8.42. The van der Waals surface area contributed by atoms with Crippen molar-refractivity contribution in [3.8, 4) is 11.5 Å². The quantitative estimate of drug-likeness (QED) is 0.561. The van der Waals surface area contributed by atoms with Crippen LogP contribution in [0.15, 0.2) is 65.7 Å². The molecule has 29 heavy (non-hydrogen) atoms. The Morgan fingerprint density at radius 3 is 2.52 bits per heavy atom. The summed E-state index contributed by atoms with van der Waals surface area (Å²) < 4.78 is 39.9. The van der Waals surface area contributed by atoms with Gasteiger partial charge in [-0.3, -0.25) is 4.79 Å². The molecule has 0 amide bonds. The molecule has 0 aromatic heterocycles. The molecule has 1 aliphatic heterocycles. The second-order valence-corrected chi connectivity index (χ2v) is 5.71. The number of hydrogen-bond acceptors (Lipinski definition) is 7. The normalized spacial score (nSPS) is 14.9. The van der Waals surface area contributed by atoms with Crippen molar-refractivity contribution in [1.29, 1.82) is 0 Å². The van der Waals surface area contributed by atoms with E-state index in [9.17, 15) is 23.5 Å². The van der Waals surface area contributed by atoms with Crippen LogP contribution in [0.25, 0.3) is 6.08 Å². The van der Waals surface area contributed by atoms with E-state index in [1.807, 2.05) is 0 Å². The molecule has 0 atom stereocenters. The standard InChI is InChI=1S/C20H15F2NO6/c1-27-13-8-7-11(9-14(13)29-20(21)22)10-15-17(24)16(19(25)26)18(28-15)23-12-5-3-2-4-6-12/h2-10,20,23H,1H3,(H,25,26)/p-1/b15-10-. The van der Waals surface area contributed by atoms with E-state index in [1.165, 1.54) is 31.4 Å². The summed E-state index contributed by atoms with van der Waals surface area (Å²) in [5, 5.41) is 14.1. The van der Waals surface area contributed by atoms with Crippen LogP contribution in [0.4, 0.5) is 14.5 Å². The third-order valence-corrected chi connectivity index (χ3v) is 3.83. The van der Waals surface area contributed by atoms with Gasteiger partial charge in [0.25, 0.3) is 0 Å². The van der Waals surface area contributed by atoms with Crippen molar-refractivity contribution in [2.45, 2.75) is 6.61 Å². The number of rotatable bonds is 7. The molecule has 150 valence electrons. The first-order chi connectivity index (χ1) is 13.9. The first-order valence-electron chi connectivity index (χ1n) is 8.24. The highest BCUT2D eigenvalue weighted by atomic mass is 19.3. The van der Waals surface area contributed by atoms with Gasteiger partial charge in [-0.2, -0.15) is 8.78 Å². The summed E-state index contributed by atoms with van der Waals surface area (Å²) in [6.07, 6.45) is 1.20. The number of halogens is 2. The molecule has 0 radical (unpaired) electrons. The molecule has 0 unspecified atom stereocenters. The Morgan fingerprint density at radius 1 is 1.17 bits per heavy atom. The Labute approximate surface area is 163 Å². The highest BCUT2D eigenvalue weighted by molar-refractivity contribution is 6.25. The number of aliphatic carboxylic acids is 1. The van der Waals surface area contributed by atoms with Crippen molar-refractivity contribution < 1.29 is 37.7 Å². The van der Waals surface area contributed by atoms with Crippen LogP contribution in [0.3, 0.4) is 0 Å². The Bertz CT molecular complexity index is 1000. The first kappa shape index (κ1) is 19.9. The van der Waals surface area contributed by atoms with Crippen LogP contribution in [0.2, 0.25) is 0 Å². The molecule has 0 spiro atoms. The number of hydrogen-bond donors (Lipinski definition) is 1. The molecule has 1 N–H and O–H groups in total. The van der Waals surface area contributed by atoms with E-state index in [1.54, 1.807) is 30.3 Å². The van der Waals surface area contributed by atoms with Gasteiger partial charge in [0.15, 0.2) is 17.3 Å². The Kier molecular flexibility index (Phi) is 5.77. The fourth-order valence-corrected chi connectivity index (χ4v) is 2.58. The number of carboxylic acids is 1. The molecule has 2 aromatic rings. The largest absolute Gasteiger partial charge is 0.544 e. The summed E-state index contributed by atoms with van der Waals surface area (Å²) in [5.74, 6) is -3.45. The van der Waals surface area contributed by atoms with Crippen LogP contribution in [0.1, 0.15) is 5.56 Å². The number of para-hydroxylation sites is 1. The molecule has 7 nitrogen and oxygen atoms in total. The van der Waals surface area contributed by atoms with Crippen molar-refractivity contribution in [2.75, 3.05) is 12.4 Å². The molecule has 9 heteroatoms. The second-order valence-electron chi connectivity index (χ2n) is 5.71. The molecule has 0 aliphatic carbocycles. The van der Waals surface area contributed by atoms with Gasteiger partial charge in [-0.25, -0.2) is 0 Å². The van der Waals surface area contributed by atoms with E-state index in [2.05, 4.69) is 10.1 Å². The van der Waals surface area contributed by atoms with E-state index in [0.717, 1.165) is 0 Å². The Hall–Kier alpha value is -3.88. The summed E-state index contributed by atoms with van der Waals surface area (Å²) in [6.45, 7) is -3.08. The van der Waals surface area contributed by atoms with Gasteiger partial charge >= 0.3 is 6.61 Å².